The van der Waals surface area contributed by atoms with Gasteiger partial charge in [-0.2, -0.15) is 5.10 Å². The minimum absolute atomic E-state index is 0.0209. The van der Waals surface area contributed by atoms with Gasteiger partial charge in [-0.25, -0.2) is 14.5 Å². The largest absolute Gasteiger partial charge is 0.444 e. The fourth-order valence-electron chi connectivity index (χ4n) is 6.51. The predicted molar refractivity (Wildman–Crippen MR) is 173 cm³/mol. The number of hydrogen-bond acceptors (Lipinski definition) is 8. The first-order valence-corrected chi connectivity index (χ1v) is 15.7. The standard InChI is InChI=1S/C34H36N8O4/c1-19(2)34(45)40-13-10-22(11-14-40)27-16-25(29-31(35)37-18-38-42(27)29)21-4-6-23(7-5-21)39-32(44)26-17-41(24-8-9-24)20(3)28(30(26)43)33-36-12-15-46-33/h4-7,12,15-19,22,24H,8-11,13-14H2,1-3H3,(H,39,44)(H2,35,37,38). The van der Waals surface area contributed by atoms with Crippen molar-refractivity contribution < 1.29 is 14.0 Å². The van der Waals surface area contributed by atoms with Crippen LogP contribution < -0.4 is 16.5 Å². The van der Waals surface area contributed by atoms with Crippen molar-refractivity contribution in [2.45, 2.75) is 58.4 Å². The summed E-state index contributed by atoms with van der Waals surface area (Å²) in [4.78, 5) is 49.9. The van der Waals surface area contributed by atoms with Gasteiger partial charge in [0, 0.05) is 59.8 Å². The molecular weight excluding hydrogens is 584 g/mol. The highest BCUT2D eigenvalue weighted by Crippen LogP contribution is 2.38. The number of pyridine rings is 1. The van der Waals surface area contributed by atoms with Gasteiger partial charge in [-0.3, -0.25) is 14.4 Å². The number of anilines is 2. The van der Waals surface area contributed by atoms with Crippen molar-refractivity contribution in [3.8, 4) is 22.6 Å². The molecule has 2 aliphatic rings. The van der Waals surface area contributed by atoms with Crippen molar-refractivity contribution in [3.63, 3.8) is 0 Å². The summed E-state index contributed by atoms with van der Waals surface area (Å²) in [6.45, 7) is 7.12. The van der Waals surface area contributed by atoms with Gasteiger partial charge < -0.3 is 24.9 Å². The van der Waals surface area contributed by atoms with E-state index in [0.717, 1.165) is 48.2 Å². The Kier molecular flexibility index (Phi) is 7.42. The Bertz CT molecular complexity index is 2000. The lowest BCUT2D eigenvalue weighted by molar-refractivity contribution is -0.135. The summed E-state index contributed by atoms with van der Waals surface area (Å²) in [6.07, 6.45) is 9.64. The Morgan fingerprint density at radius 2 is 1.80 bits per heavy atom. The summed E-state index contributed by atoms with van der Waals surface area (Å²) in [5, 5.41) is 7.44. The van der Waals surface area contributed by atoms with Crippen LogP contribution in [0.15, 0.2) is 64.5 Å². The quantitative estimate of drug-likeness (QED) is 0.256. The van der Waals surface area contributed by atoms with Crippen LogP contribution in [0.1, 0.15) is 73.2 Å². The molecule has 0 radical (unpaired) electrons. The van der Waals surface area contributed by atoms with E-state index in [0.29, 0.717) is 35.7 Å². The SMILES string of the molecule is Cc1c(-c2ncco2)c(=O)c(C(=O)Nc2ccc(-c3cc(C4CCN(C(=O)C(C)C)CC4)n4ncnc(N)c34)cc2)cn1C1CC1. The van der Waals surface area contributed by atoms with Gasteiger partial charge in [0.05, 0.1) is 6.20 Å². The number of rotatable bonds is 7. The lowest BCUT2D eigenvalue weighted by Gasteiger charge is -2.33. The molecule has 1 aliphatic heterocycles. The monoisotopic (exact) mass is 620 g/mol. The first-order valence-electron chi connectivity index (χ1n) is 15.7. The van der Waals surface area contributed by atoms with E-state index in [1.54, 1.807) is 18.3 Å². The molecule has 0 spiro atoms. The number of aromatic nitrogens is 5. The zero-order valence-electron chi connectivity index (χ0n) is 26.1. The Balaban J connectivity index is 1.16. The summed E-state index contributed by atoms with van der Waals surface area (Å²) in [5.74, 6) is 0.440. The number of nitrogens with two attached hydrogens (primary N) is 1. The van der Waals surface area contributed by atoms with Crippen LogP contribution in [-0.4, -0.2) is 54.0 Å². The number of benzene rings is 1. The molecule has 236 valence electrons. The molecule has 4 aromatic heterocycles. The van der Waals surface area contributed by atoms with Crippen LogP contribution >= 0.6 is 0 Å². The molecule has 46 heavy (non-hydrogen) atoms. The smallest absolute Gasteiger partial charge is 0.261 e. The minimum atomic E-state index is -0.503. The molecule has 5 aromatic rings. The molecule has 12 heteroatoms. The fraction of sp³-hybridized carbons (Fsp3) is 0.353. The van der Waals surface area contributed by atoms with Gasteiger partial charge >= 0.3 is 0 Å². The predicted octanol–water partition coefficient (Wildman–Crippen LogP) is 5.05. The van der Waals surface area contributed by atoms with Crippen molar-refractivity contribution >= 4 is 28.8 Å². The Hall–Kier alpha value is -5.26. The van der Waals surface area contributed by atoms with Crippen LogP contribution in [0, 0.1) is 12.8 Å². The van der Waals surface area contributed by atoms with Crippen molar-refractivity contribution in [2.75, 3.05) is 24.1 Å². The van der Waals surface area contributed by atoms with Gasteiger partial charge in [-0.05, 0) is 56.4 Å². The van der Waals surface area contributed by atoms with Crippen LogP contribution in [0.3, 0.4) is 0 Å². The summed E-state index contributed by atoms with van der Waals surface area (Å²) in [5.41, 5.74) is 11.1. The van der Waals surface area contributed by atoms with E-state index in [2.05, 4.69) is 26.4 Å². The van der Waals surface area contributed by atoms with Crippen LogP contribution in [0.25, 0.3) is 28.1 Å². The number of likely N-dealkylation sites (tertiary alicyclic amines) is 1. The molecule has 2 amide bonds. The second-order valence-electron chi connectivity index (χ2n) is 12.5. The number of nitrogen functional groups attached to an aromatic ring is 1. The highest BCUT2D eigenvalue weighted by Gasteiger charge is 2.30. The number of nitrogens with one attached hydrogen (secondary N) is 1. The molecule has 5 heterocycles. The molecule has 12 nitrogen and oxygen atoms in total. The van der Waals surface area contributed by atoms with Gasteiger partial charge in [-0.1, -0.05) is 26.0 Å². The Morgan fingerprint density at radius 1 is 1.07 bits per heavy atom. The highest BCUT2D eigenvalue weighted by molar-refractivity contribution is 6.05. The zero-order valence-corrected chi connectivity index (χ0v) is 26.1. The number of carbonyl (C=O) groups is 2. The van der Waals surface area contributed by atoms with Crippen LogP contribution in [0.4, 0.5) is 11.5 Å². The molecule has 1 aliphatic carbocycles. The number of carbonyl (C=O) groups excluding carboxylic acids is 2. The molecule has 1 saturated heterocycles. The average Bonchev–Trinajstić information content (AvgIpc) is 3.60. The molecule has 7 rings (SSSR count). The zero-order chi connectivity index (χ0) is 32.1. The molecule has 2 fully saturated rings. The Labute approximate surface area is 265 Å². The van der Waals surface area contributed by atoms with Gasteiger partial charge in [0.2, 0.25) is 17.2 Å². The molecule has 0 unspecified atom stereocenters. The molecule has 3 N–H and O–H groups in total. The van der Waals surface area contributed by atoms with Crippen molar-refractivity contribution in [3.05, 3.63) is 82.5 Å². The van der Waals surface area contributed by atoms with Gasteiger partial charge in [-0.15, -0.1) is 0 Å². The molecule has 0 bridgehead atoms. The molecule has 1 aromatic carbocycles. The van der Waals surface area contributed by atoms with E-state index in [-0.39, 0.29) is 35.2 Å². The lowest BCUT2D eigenvalue weighted by atomic mass is 9.92. The van der Waals surface area contributed by atoms with Crippen LogP contribution in [-0.2, 0) is 4.79 Å². The number of amides is 2. The van der Waals surface area contributed by atoms with Gasteiger partial charge in [0.15, 0.2) is 5.82 Å². The number of nitrogens with zero attached hydrogens (tertiary/aromatic N) is 6. The van der Waals surface area contributed by atoms with Crippen molar-refractivity contribution in [2.24, 2.45) is 5.92 Å². The normalized spacial score (nSPS) is 15.5. The van der Waals surface area contributed by atoms with Crippen LogP contribution in [0.2, 0.25) is 0 Å². The van der Waals surface area contributed by atoms with Gasteiger partial charge in [0.25, 0.3) is 5.91 Å². The number of hydrogen-bond donors (Lipinski definition) is 2. The number of oxazole rings is 1. The third-order valence-electron chi connectivity index (χ3n) is 9.10. The summed E-state index contributed by atoms with van der Waals surface area (Å²) in [6, 6.07) is 9.76. The molecule has 1 saturated carbocycles. The van der Waals surface area contributed by atoms with E-state index in [4.69, 9.17) is 10.2 Å². The van der Waals surface area contributed by atoms with Gasteiger partial charge in [0.1, 0.15) is 29.2 Å². The molecule has 0 atom stereocenters. The Morgan fingerprint density at radius 3 is 2.46 bits per heavy atom. The maximum atomic E-state index is 13.5. The highest BCUT2D eigenvalue weighted by atomic mass is 16.3. The average molecular weight is 621 g/mol. The number of piperidine rings is 1. The van der Waals surface area contributed by atoms with Crippen LogP contribution in [0.5, 0.6) is 0 Å². The third kappa shape index (κ3) is 5.23. The summed E-state index contributed by atoms with van der Waals surface area (Å²) >= 11 is 0. The maximum absolute atomic E-state index is 13.5. The van der Waals surface area contributed by atoms with Crippen molar-refractivity contribution in [1.29, 1.82) is 0 Å². The maximum Gasteiger partial charge on any atom is 0.261 e. The van der Waals surface area contributed by atoms with E-state index in [1.807, 2.05) is 46.9 Å². The minimum Gasteiger partial charge on any atom is -0.444 e. The topological polar surface area (TPSA) is 154 Å². The molecular formula is C34H36N8O4. The van der Waals surface area contributed by atoms with E-state index in [9.17, 15) is 14.4 Å². The summed E-state index contributed by atoms with van der Waals surface area (Å²) in [7, 11) is 0. The van der Waals surface area contributed by atoms with E-state index < -0.39 is 11.3 Å². The first-order chi connectivity index (χ1) is 22.2. The first kappa shape index (κ1) is 29.5. The van der Waals surface area contributed by atoms with Crippen molar-refractivity contribution in [1.82, 2.24) is 29.0 Å². The second kappa shape index (κ2) is 11.6. The number of fused-ring (bicyclic) bond motifs is 1. The fourth-order valence-corrected chi connectivity index (χ4v) is 6.51. The second-order valence-corrected chi connectivity index (χ2v) is 12.5. The van der Waals surface area contributed by atoms with E-state index >= 15 is 0 Å². The summed E-state index contributed by atoms with van der Waals surface area (Å²) < 4.78 is 9.30. The lowest BCUT2D eigenvalue weighted by Crippen LogP contribution is -2.40. The third-order valence-corrected chi connectivity index (χ3v) is 9.10. The van der Waals surface area contributed by atoms with E-state index in [1.165, 1.54) is 18.8 Å².